The van der Waals surface area contributed by atoms with Crippen LogP contribution in [-0.2, 0) is 6.42 Å². The van der Waals surface area contributed by atoms with Gasteiger partial charge in [-0.2, -0.15) is 0 Å². The second-order valence-corrected chi connectivity index (χ2v) is 4.95. The molecule has 1 aliphatic carbocycles. The standard InChI is InChI=1S/C14H20FNO/c15-13-6-2-1-5-12(13)7-10-16-11-14(17)8-3-4-9-14/h1-2,5-6,16-17H,3-4,7-11H2. The summed E-state index contributed by atoms with van der Waals surface area (Å²) in [7, 11) is 0. The summed E-state index contributed by atoms with van der Waals surface area (Å²) >= 11 is 0. The van der Waals surface area contributed by atoms with Crippen molar-refractivity contribution in [3.8, 4) is 0 Å². The van der Waals surface area contributed by atoms with Crippen LogP contribution in [0, 0.1) is 5.82 Å². The van der Waals surface area contributed by atoms with Crippen LogP contribution >= 0.6 is 0 Å². The highest BCUT2D eigenvalue weighted by Crippen LogP contribution is 2.28. The number of halogens is 1. The van der Waals surface area contributed by atoms with Crippen LogP contribution in [0.5, 0.6) is 0 Å². The van der Waals surface area contributed by atoms with E-state index in [0.29, 0.717) is 19.5 Å². The third-order valence-corrected chi connectivity index (χ3v) is 3.52. The molecule has 17 heavy (non-hydrogen) atoms. The van der Waals surface area contributed by atoms with Gasteiger partial charge in [0.05, 0.1) is 5.60 Å². The van der Waals surface area contributed by atoms with Crippen molar-refractivity contribution < 1.29 is 9.50 Å². The molecule has 0 saturated heterocycles. The molecule has 3 heteroatoms. The maximum atomic E-state index is 13.3. The normalized spacial score (nSPS) is 18.5. The van der Waals surface area contributed by atoms with E-state index in [2.05, 4.69) is 5.32 Å². The molecule has 1 aromatic rings. The molecular weight excluding hydrogens is 217 g/mol. The molecule has 0 amide bonds. The smallest absolute Gasteiger partial charge is 0.126 e. The molecule has 1 aromatic carbocycles. The lowest BCUT2D eigenvalue weighted by atomic mass is 10.0. The molecule has 0 atom stereocenters. The highest BCUT2D eigenvalue weighted by Gasteiger charge is 2.30. The Morgan fingerprint density at radius 3 is 2.65 bits per heavy atom. The summed E-state index contributed by atoms with van der Waals surface area (Å²) < 4.78 is 13.3. The van der Waals surface area contributed by atoms with E-state index < -0.39 is 5.60 Å². The summed E-state index contributed by atoms with van der Waals surface area (Å²) in [4.78, 5) is 0. The lowest BCUT2D eigenvalue weighted by Gasteiger charge is -2.22. The van der Waals surface area contributed by atoms with Crippen molar-refractivity contribution >= 4 is 0 Å². The molecular formula is C14H20FNO. The van der Waals surface area contributed by atoms with Crippen molar-refractivity contribution in [2.45, 2.75) is 37.7 Å². The number of nitrogens with one attached hydrogen (secondary N) is 1. The van der Waals surface area contributed by atoms with Gasteiger partial charge < -0.3 is 10.4 Å². The van der Waals surface area contributed by atoms with Gasteiger partial charge in [-0.25, -0.2) is 4.39 Å². The molecule has 1 fully saturated rings. The van der Waals surface area contributed by atoms with Crippen LogP contribution in [0.3, 0.4) is 0 Å². The van der Waals surface area contributed by atoms with E-state index in [9.17, 15) is 9.50 Å². The van der Waals surface area contributed by atoms with Crippen LogP contribution in [0.4, 0.5) is 4.39 Å². The van der Waals surface area contributed by atoms with Gasteiger partial charge in [0.1, 0.15) is 5.82 Å². The largest absolute Gasteiger partial charge is 0.389 e. The molecule has 94 valence electrons. The predicted molar refractivity (Wildman–Crippen MR) is 66.4 cm³/mol. The van der Waals surface area contributed by atoms with Crippen molar-refractivity contribution in [3.63, 3.8) is 0 Å². The molecule has 0 aliphatic heterocycles. The van der Waals surface area contributed by atoms with E-state index in [-0.39, 0.29) is 5.82 Å². The van der Waals surface area contributed by atoms with Gasteiger partial charge in [-0.15, -0.1) is 0 Å². The summed E-state index contributed by atoms with van der Waals surface area (Å²) in [6, 6.07) is 6.84. The Morgan fingerprint density at radius 1 is 1.24 bits per heavy atom. The van der Waals surface area contributed by atoms with E-state index in [4.69, 9.17) is 0 Å². The van der Waals surface area contributed by atoms with Gasteiger partial charge in [0.25, 0.3) is 0 Å². The van der Waals surface area contributed by atoms with Gasteiger partial charge in [0.2, 0.25) is 0 Å². The van der Waals surface area contributed by atoms with Crippen molar-refractivity contribution in [2.75, 3.05) is 13.1 Å². The van der Waals surface area contributed by atoms with E-state index >= 15 is 0 Å². The minimum absolute atomic E-state index is 0.145. The maximum Gasteiger partial charge on any atom is 0.126 e. The van der Waals surface area contributed by atoms with Crippen molar-refractivity contribution in [1.82, 2.24) is 5.32 Å². The summed E-state index contributed by atoms with van der Waals surface area (Å²) in [5, 5.41) is 13.3. The van der Waals surface area contributed by atoms with Gasteiger partial charge in [-0.05, 0) is 37.4 Å². The van der Waals surface area contributed by atoms with E-state index in [1.807, 2.05) is 6.07 Å². The topological polar surface area (TPSA) is 32.3 Å². The molecule has 2 rings (SSSR count). The van der Waals surface area contributed by atoms with Crippen molar-refractivity contribution in [2.24, 2.45) is 0 Å². The molecule has 1 saturated carbocycles. The van der Waals surface area contributed by atoms with Gasteiger partial charge in [-0.1, -0.05) is 31.0 Å². The third-order valence-electron chi connectivity index (χ3n) is 3.52. The van der Waals surface area contributed by atoms with Crippen molar-refractivity contribution in [3.05, 3.63) is 35.6 Å². The minimum Gasteiger partial charge on any atom is -0.389 e. The molecule has 0 radical (unpaired) electrons. The number of hydrogen-bond acceptors (Lipinski definition) is 2. The van der Waals surface area contributed by atoms with Gasteiger partial charge >= 0.3 is 0 Å². The first kappa shape index (κ1) is 12.5. The van der Waals surface area contributed by atoms with E-state index in [0.717, 1.165) is 31.2 Å². The first-order valence-corrected chi connectivity index (χ1v) is 6.36. The van der Waals surface area contributed by atoms with Crippen LogP contribution in [0.15, 0.2) is 24.3 Å². The fourth-order valence-electron chi connectivity index (χ4n) is 2.46. The number of aliphatic hydroxyl groups is 1. The Bertz CT molecular complexity index is 361. The first-order chi connectivity index (χ1) is 8.20. The van der Waals surface area contributed by atoms with Gasteiger partial charge in [0.15, 0.2) is 0 Å². The Kier molecular flexibility index (Phi) is 4.13. The van der Waals surface area contributed by atoms with Crippen LogP contribution in [-0.4, -0.2) is 23.8 Å². The Morgan fingerprint density at radius 2 is 1.94 bits per heavy atom. The quantitative estimate of drug-likeness (QED) is 0.770. The number of benzene rings is 1. The van der Waals surface area contributed by atoms with Gasteiger partial charge in [-0.3, -0.25) is 0 Å². The summed E-state index contributed by atoms with van der Waals surface area (Å²) in [5.41, 5.74) is 0.216. The maximum absolute atomic E-state index is 13.3. The Balaban J connectivity index is 1.71. The zero-order valence-corrected chi connectivity index (χ0v) is 10.1. The Labute approximate surface area is 102 Å². The molecule has 0 spiro atoms. The molecule has 0 unspecified atom stereocenters. The first-order valence-electron chi connectivity index (χ1n) is 6.36. The third kappa shape index (κ3) is 3.51. The average Bonchev–Trinajstić information content (AvgIpc) is 2.74. The SMILES string of the molecule is OC1(CNCCc2ccccc2F)CCCC1. The zero-order valence-electron chi connectivity index (χ0n) is 10.1. The highest BCUT2D eigenvalue weighted by molar-refractivity contribution is 5.17. The summed E-state index contributed by atoms with van der Waals surface area (Å²) in [6.45, 7) is 1.34. The average molecular weight is 237 g/mol. The molecule has 0 aromatic heterocycles. The second-order valence-electron chi connectivity index (χ2n) is 4.95. The zero-order chi connectivity index (χ0) is 12.1. The monoisotopic (exact) mass is 237 g/mol. The molecule has 0 bridgehead atoms. The number of rotatable bonds is 5. The molecule has 1 aliphatic rings. The fraction of sp³-hybridized carbons (Fsp3) is 0.571. The minimum atomic E-state index is -0.519. The Hall–Kier alpha value is -0.930. The molecule has 2 nitrogen and oxygen atoms in total. The number of hydrogen-bond donors (Lipinski definition) is 2. The van der Waals surface area contributed by atoms with Crippen LogP contribution in [0.2, 0.25) is 0 Å². The fourth-order valence-corrected chi connectivity index (χ4v) is 2.46. The van der Waals surface area contributed by atoms with Crippen LogP contribution in [0.25, 0.3) is 0 Å². The van der Waals surface area contributed by atoms with Crippen molar-refractivity contribution in [1.29, 1.82) is 0 Å². The molecule has 2 N–H and O–H groups in total. The highest BCUT2D eigenvalue weighted by atomic mass is 19.1. The van der Waals surface area contributed by atoms with E-state index in [1.54, 1.807) is 12.1 Å². The lowest BCUT2D eigenvalue weighted by Crippen LogP contribution is -2.38. The van der Waals surface area contributed by atoms with Gasteiger partial charge in [0, 0.05) is 6.54 Å². The van der Waals surface area contributed by atoms with E-state index in [1.165, 1.54) is 6.07 Å². The summed E-state index contributed by atoms with van der Waals surface area (Å²) in [6.07, 6.45) is 4.68. The predicted octanol–water partition coefficient (Wildman–Crippen LogP) is 2.26. The van der Waals surface area contributed by atoms with Crippen LogP contribution < -0.4 is 5.32 Å². The van der Waals surface area contributed by atoms with Crippen LogP contribution in [0.1, 0.15) is 31.2 Å². The lowest BCUT2D eigenvalue weighted by molar-refractivity contribution is 0.0480. The molecule has 0 heterocycles. The second kappa shape index (κ2) is 5.61. The summed E-state index contributed by atoms with van der Waals surface area (Å²) in [5.74, 6) is -0.145.